The normalized spacial score (nSPS) is 12.1. The van der Waals surface area contributed by atoms with E-state index in [1.54, 1.807) is 6.07 Å². The van der Waals surface area contributed by atoms with Crippen LogP contribution in [0.2, 0.25) is 0 Å². The first-order chi connectivity index (χ1) is 14.7. The highest BCUT2D eigenvalue weighted by Gasteiger charge is 2.25. The van der Waals surface area contributed by atoms with Gasteiger partial charge in [0.25, 0.3) is 0 Å². The van der Waals surface area contributed by atoms with Gasteiger partial charge in [-0.2, -0.15) is 4.72 Å². The van der Waals surface area contributed by atoms with Crippen LogP contribution in [0, 0.1) is 0 Å². The summed E-state index contributed by atoms with van der Waals surface area (Å²) in [4.78, 5) is 39.1. The molecular weight excluding hydrogens is 446 g/mol. The fourth-order valence-electron chi connectivity index (χ4n) is 2.45. The lowest BCUT2D eigenvalue weighted by molar-refractivity contribution is -0.139. The third-order valence-corrected chi connectivity index (χ3v) is 6.22. The molecule has 0 radical (unpaired) electrons. The van der Waals surface area contributed by atoms with Crippen LogP contribution in [0.1, 0.15) is 18.5 Å². The topological polar surface area (TPSA) is 181 Å². The smallest absolute Gasteiger partial charge is 0.323 e. The Morgan fingerprint density at radius 1 is 1.13 bits per heavy atom. The minimum Gasteiger partial charge on any atom is -0.480 e. The van der Waals surface area contributed by atoms with Crippen LogP contribution in [0.4, 0.5) is 5.13 Å². The number of hydrogen-bond acceptors (Lipinski definition) is 8. The molecule has 2 aromatic rings. The number of hydrogen-bond donors (Lipinski definition) is 5. The Bertz CT molecular complexity index is 1010. The van der Waals surface area contributed by atoms with Crippen molar-refractivity contribution >= 4 is 44.3 Å². The predicted molar refractivity (Wildman–Crippen MR) is 114 cm³/mol. The zero-order valence-electron chi connectivity index (χ0n) is 16.4. The fourth-order valence-corrected chi connectivity index (χ4v) is 4.26. The van der Waals surface area contributed by atoms with Crippen molar-refractivity contribution in [2.75, 3.05) is 18.8 Å². The van der Waals surface area contributed by atoms with Crippen molar-refractivity contribution in [2.24, 2.45) is 0 Å². The molecule has 1 atom stereocenters. The van der Waals surface area contributed by atoms with E-state index in [-0.39, 0.29) is 23.8 Å². The Morgan fingerprint density at radius 2 is 1.84 bits per heavy atom. The summed E-state index contributed by atoms with van der Waals surface area (Å²) in [5.41, 5.74) is 6.33. The van der Waals surface area contributed by atoms with E-state index < -0.39 is 34.5 Å². The average molecular weight is 470 g/mol. The van der Waals surface area contributed by atoms with Gasteiger partial charge in [0.1, 0.15) is 6.04 Å². The molecule has 11 nitrogen and oxygen atoms in total. The number of aromatic nitrogens is 1. The van der Waals surface area contributed by atoms with Crippen molar-refractivity contribution in [3.8, 4) is 0 Å². The number of nitrogens with two attached hydrogens (primary N) is 1. The lowest BCUT2D eigenvalue weighted by atomic mass is 10.2. The Labute approximate surface area is 183 Å². The van der Waals surface area contributed by atoms with Crippen LogP contribution in [0.15, 0.2) is 40.6 Å². The standard InChI is InChI=1S/C18H23N5O6S2/c19-18-22-12(11-30-18)5-4-8-15(24)21-10-16(25)20-9-14(17(26)27)23-31(28,29)13-6-2-1-3-7-13/h1-3,6-7,11,14,23H,4-5,8-10H2,(H2,19,22)(H,20,25)(H,21,24)(H,26,27). The Kier molecular flexibility index (Phi) is 8.90. The molecule has 1 aromatic carbocycles. The number of carbonyl (C=O) groups is 3. The number of amides is 2. The predicted octanol–water partition coefficient (Wildman–Crippen LogP) is -0.288. The number of sulfonamides is 1. The highest BCUT2D eigenvalue weighted by atomic mass is 32.2. The molecule has 0 saturated heterocycles. The largest absolute Gasteiger partial charge is 0.480 e. The molecule has 0 saturated carbocycles. The van der Waals surface area contributed by atoms with Gasteiger partial charge >= 0.3 is 5.97 Å². The number of aliphatic carboxylic acids is 1. The SMILES string of the molecule is Nc1nc(CCCC(=O)NCC(=O)NCC(NS(=O)(=O)c2ccccc2)C(=O)O)cs1. The molecule has 2 amide bonds. The Balaban J connectivity index is 1.73. The van der Waals surface area contributed by atoms with Crippen molar-refractivity contribution in [1.29, 1.82) is 0 Å². The summed E-state index contributed by atoms with van der Waals surface area (Å²) < 4.78 is 26.5. The van der Waals surface area contributed by atoms with Gasteiger partial charge in [-0.15, -0.1) is 11.3 Å². The number of carboxylic acid groups (broad SMARTS) is 1. The van der Waals surface area contributed by atoms with Gasteiger partial charge in [-0.1, -0.05) is 18.2 Å². The number of anilines is 1. The Hall–Kier alpha value is -3.03. The van der Waals surface area contributed by atoms with Crippen LogP contribution in [0.25, 0.3) is 0 Å². The molecule has 0 aliphatic rings. The van der Waals surface area contributed by atoms with Crippen LogP contribution < -0.4 is 21.1 Å². The number of nitrogens with one attached hydrogen (secondary N) is 3. The molecule has 6 N–H and O–H groups in total. The van der Waals surface area contributed by atoms with Crippen molar-refractivity contribution in [3.05, 3.63) is 41.4 Å². The van der Waals surface area contributed by atoms with E-state index >= 15 is 0 Å². The number of aryl methyl sites for hydroxylation is 1. The van der Waals surface area contributed by atoms with E-state index in [1.165, 1.54) is 35.6 Å². The molecule has 13 heteroatoms. The third-order valence-electron chi connectivity index (χ3n) is 4.00. The molecule has 1 unspecified atom stereocenters. The first-order valence-electron chi connectivity index (χ1n) is 9.21. The molecule has 0 aliphatic carbocycles. The van der Waals surface area contributed by atoms with E-state index in [2.05, 4.69) is 15.6 Å². The van der Waals surface area contributed by atoms with Gasteiger partial charge in [-0.05, 0) is 25.0 Å². The van der Waals surface area contributed by atoms with Gasteiger partial charge in [-0.25, -0.2) is 13.4 Å². The quantitative estimate of drug-likeness (QED) is 0.281. The molecule has 0 aliphatic heterocycles. The number of benzene rings is 1. The van der Waals surface area contributed by atoms with E-state index in [4.69, 9.17) is 5.73 Å². The van der Waals surface area contributed by atoms with E-state index in [9.17, 15) is 27.9 Å². The maximum Gasteiger partial charge on any atom is 0.323 e. The maximum absolute atomic E-state index is 12.3. The van der Waals surface area contributed by atoms with Crippen LogP contribution in [-0.2, 0) is 30.8 Å². The van der Waals surface area contributed by atoms with Crippen LogP contribution in [0.5, 0.6) is 0 Å². The molecule has 168 valence electrons. The number of carbonyl (C=O) groups excluding carboxylic acids is 2. The minimum absolute atomic E-state index is 0.0971. The van der Waals surface area contributed by atoms with Gasteiger partial charge in [0, 0.05) is 18.3 Å². The highest BCUT2D eigenvalue weighted by Crippen LogP contribution is 2.13. The summed E-state index contributed by atoms with van der Waals surface area (Å²) >= 11 is 1.32. The van der Waals surface area contributed by atoms with E-state index in [0.29, 0.717) is 18.0 Å². The molecule has 0 fully saturated rings. The lowest BCUT2D eigenvalue weighted by Crippen LogP contribution is -2.49. The van der Waals surface area contributed by atoms with Crippen LogP contribution in [-0.4, -0.2) is 55.4 Å². The van der Waals surface area contributed by atoms with Gasteiger partial charge in [-0.3, -0.25) is 14.4 Å². The lowest BCUT2D eigenvalue weighted by Gasteiger charge is -2.15. The molecule has 1 heterocycles. The van der Waals surface area contributed by atoms with Crippen molar-refractivity contribution in [1.82, 2.24) is 20.3 Å². The number of nitrogens with zero attached hydrogens (tertiary/aromatic N) is 1. The second-order valence-corrected chi connectivity index (χ2v) is 9.04. The highest BCUT2D eigenvalue weighted by molar-refractivity contribution is 7.89. The first-order valence-corrected chi connectivity index (χ1v) is 11.6. The van der Waals surface area contributed by atoms with Crippen LogP contribution >= 0.6 is 11.3 Å². The monoisotopic (exact) mass is 469 g/mol. The number of nitrogen functional groups attached to an aromatic ring is 1. The summed E-state index contributed by atoms with van der Waals surface area (Å²) in [6.07, 6.45) is 1.29. The van der Waals surface area contributed by atoms with Gasteiger partial charge < -0.3 is 21.5 Å². The summed E-state index contributed by atoms with van der Waals surface area (Å²) in [6, 6.07) is 5.69. The number of rotatable bonds is 12. The van der Waals surface area contributed by atoms with Gasteiger partial charge in [0.05, 0.1) is 17.1 Å². The van der Waals surface area contributed by atoms with E-state index in [0.717, 1.165) is 5.69 Å². The summed E-state index contributed by atoms with van der Waals surface area (Å²) in [6.45, 7) is -0.846. The van der Waals surface area contributed by atoms with Gasteiger partial charge in [0.2, 0.25) is 21.8 Å². The average Bonchev–Trinajstić information content (AvgIpc) is 3.15. The molecule has 31 heavy (non-hydrogen) atoms. The molecule has 0 bridgehead atoms. The molecule has 0 spiro atoms. The summed E-state index contributed by atoms with van der Waals surface area (Å²) in [7, 11) is -4.07. The zero-order chi connectivity index (χ0) is 22.9. The minimum atomic E-state index is -4.07. The zero-order valence-corrected chi connectivity index (χ0v) is 18.0. The van der Waals surface area contributed by atoms with Crippen LogP contribution in [0.3, 0.4) is 0 Å². The second kappa shape index (κ2) is 11.4. The number of carboxylic acids is 1. The summed E-state index contributed by atoms with van der Waals surface area (Å²) in [5, 5.41) is 16.2. The molecule has 1 aromatic heterocycles. The van der Waals surface area contributed by atoms with Crippen molar-refractivity contribution in [3.63, 3.8) is 0 Å². The third kappa shape index (κ3) is 8.32. The fraction of sp³-hybridized carbons (Fsp3) is 0.333. The molecule has 2 rings (SSSR count). The van der Waals surface area contributed by atoms with Gasteiger partial charge in [0.15, 0.2) is 5.13 Å². The van der Waals surface area contributed by atoms with Crippen molar-refractivity contribution in [2.45, 2.75) is 30.2 Å². The maximum atomic E-state index is 12.3. The van der Waals surface area contributed by atoms with E-state index in [1.807, 2.05) is 10.1 Å². The summed E-state index contributed by atoms with van der Waals surface area (Å²) in [5.74, 6) is -2.45. The second-order valence-electron chi connectivity index (χ2n) is 6.44. The van der Waals surface area contributed by atoms with Crippen molar-refractivity contribution < 1.29 is 27.9 Å². The first kappa shape index (κ1) is 24.2. The Morgan fingerprint density at radius 3 is 2.45 bits per heavy atom. The molecular formula is C18H23N5O6S2. The number of thiazole rings is 1.